The normalized spacial score (nSPS) is 16.0. The van der Waals surface area contributed by atoms with Crippen molar-refractivity contribution in [3.05, 3.63) is 71.9 Å². The van der Waals surface area contributed by atoms with Gasteiger partial charge in [-0.05, 0) is 30.3 Å². The number of hydrogen-bond donors (Lipinski definition) is 2. The molecule has 22 heavy (non-hydrogen) atoms. The molecule has 1 amide bonds. The Labute approximate surface area is 132 Å². The maximum Gasteiger partial charge on any atom is 0.299 e. The number of benzene rings is 2. The lowest BCUT2D eigenvalue weighted by Crippen LogP contribution is -2.34. The van der Waals surface area contributed by atoms with Gasteiger partial charge in [-0.2, -0.15) is 5.10 Å². The van der Waals surface area contributed by atoms with Crippen LogP contribution in [0.2, 0.25) is 5.02 Å². The smallest absolute Gasteiger partial charge is 0.289 e. The predicted molar refractivity (Wildman–Crippen MR) is 88.7 cm³/mol. The van der Waals surface area contributed by atoms with E-state index < -0.39 is 0 Å². The van der Waals surface area contributed by atoms with Crippen molar-refractivity contribution in [2.24, 2.45) is 5.10 Å². The summed E-state index contributed by atoms with van der Waals surface area (Å²) in [4.78, 5) is 12.4. The highest BCUT2D eigenvalue weighted by molar-refractivity contribution is 6.51. The first kappa shape index (κ1) is 14.2. The van der Waals surface area contributed by atoms with Gasteiger partial charge in [-0.3, -0.25) is 15.6 Å². The molecule has 1 aliphatic heterocycles. The number of para-hydroxylation sites is 1. The van der Waals surface area contributed by atoms with E-state index >= 15 is 0 Å². The van der Waals surface area contributed by atoms with Crippen molar-refractivity contribution in [3.8, 4) is 0 Å². The molecular weight excluding hydrogens is 300 g/mol. The summed E-state index contributed by atoms with van der Waals surface area (Å²) < 4.78 is 0. The quantitative estimate of drug-likeness (QED) is 0.856. The number of halogens is 1. The maximum atomic E-state index is 12.4. The Balaban J connectivity index is 1.81. The molecule has 0 aliphatic carbocycles. The fourth-order valence-electron chi connectivity index (χ4n) is 2.03. The minimum atomic E-state index is -0.272. The van der Waals surface area contributed by atoms with E-state index in [4.69, 9.17) is 11.6 Å². The molecule has 0 radical (unpaired) electrons. The van der Waals surface area contributed by atoms with Gasteiger partial charge in [0, 0.05) is 5.02 Å². The number of carbonyl (C=O) groups is 1. The second kappa shape index (κ2) is 5.91. The summed E-state index contributed by atoms with van der Waals surface area (Å²) in [6.45, 7) is 3.82. The van der Waals surface area contributed by atoms with Gasteiger partial charge in [-0.1, -0.05) is 42.4 Å². The Hall–Kier alpha value is -2.79. The monoisotopic (exact) mass is 312 g/mol. The first-order chi connectivity index (χ1) is 10.6. The molecule has 0 aromatic heterocycles. The molecule has 1 fully saturated rings. The Morgan fingerprint density at radius 1 is 1.14 bits per heavy atom. The van der Waals surface area contributed by atoms with Gasteiger partial charge in [0.1, 0.15) is 0 Å². The Kier molecular flexibility index (Phi) is 3.80. The van der Waals surface area contributed by atoms with Crippen LogP contribution in [-0.2, 0) is 4.79 Å². The molecule has 1 aliphatic rings. The molecule has 3 rings (SSSR count). The number of hydrazine groups is 1. The Morgan fingerprint density at radius 3 is 2.64 bits per heavy atom. The molecule has 0 unspecified atom stereocenters. The van der Waals surface area contributed by atoms with E-state index in [-0.39, 0.29) is 11.6 Å². The van der Waals surface area contributed by atoms with Gasteiger partial charge in [0.15, 0.2) is 5.71 Å². The molecule has 0 atom stereocenters. The number of hydrogen-bond acceptors (Lipinski definition) is 4. The van der Waals surface area contributed by atoms with E-state index in [0.29, 0.717) is 16.4 Å². The molecule has 0 bridgehead atoms. The van der Waals surface area contributed by atoms with Gasteiger partial charge >= 0.3 is 0 Å². The van der Waals surface area contributed by atoms with E-state index in [0.717, 1.165) is 5.69 Å². The summed E-state index contributed by atoms with van der Waals surface area (Å²) in [5.74, 6) is -0.272. The van der Waals surface area contributed by atoms with E-state index in [2.05, 4.69) is 22.5 Å². The summed E-state index contributed by atoms with van der Waals surface area (Å²) in [7, 11) is 0. The van der Waals surface area contributed by atoms with Gasteiger partial charge in [0.2, 0.25) is 0 Å². The SMILES string of the molecule is C=C1NN(c2ccccc2)C(=O)C1=NNc1cccc(Cl)c1. The third-order valence-electron chi connectivity index (χ3n) is 3.07. The fraction of sp³-hybridized carbons (Fsp3) is 0. The second-order valence-corrected chi connectivity index (χ2v) is 5.09. The van der Waals surface area contributed by atoms with E-state index in [1.807, 2.05) is 30.3 Å². The molecule has 1 heterocycles. The highest BCUT2D eigenvalue weighted by atomic mass is 35.5. The van der Waals surface area contributed by atoms with Crippen molar-refractivity contribution < 1.29 is 4.79 Å². The van der Waals surface area contributed by atoms with Crippen molar-refractivity contribution in [1.29, 1.82) is 0 Å². The summed E-state index contributed by atoms with van der Waals surface area (Å²) in [6, 6.07) is 16.3. The lowest BCUT2D eigenvalue weighted by Gasteiger charge is -2.14. The molecule has 0 saturated carbocycles. The molecule has 2 aromatic carbocycles. The summed E-state index contributed by atoms with van der Waals surface area (Å²) >= 11 is 5.91. The minimum Gasteiger partial charge on any atom is -0.289 e. The third-order valence-corrected chi connectivity index (χ3v) is 3.31. The maximum absolute atomic E-state index is 12.4. The highest BCUT2D eigenvalue weighted by Crippen LogP contribution is 2.19. The van der Waals surface area contributed by atoms with Crippen LogP contribution in [0.4, 0.5) is 11.4 Å². The van der Waals surface area contributed by atoms with E-state index in [1.165, 1.54) is 5.01 Å². The number of nitrogens with zero attached hydrogens (tertiary/aromatic N) is 2. The van der Waals surface area contributed by atoms with Crippen molar-refractivity contribution in [1.82, 2.24) is 5.43 Å². The third kappa shape index (κ3) is 2.80. The first-order valence-electron chi connectivity index (χ1n) is 6.60. The zero-order chi connectivity index (χ0) is 15.5. The molecule has 5 nitrogen and oxygen atoms in total. The van der Waals surface area contributed by atoms with Crippen molar-refractivity contribution in [2.45, 2.75) is 0 Å². The van der Waals surface area contributed by atoms with Crippen LogP contribution in [-0.4, -0.2) is 11.6 Å². The van der Waals surface area contributed by atoms with Gasteiger partial charge in [0.25, 0.3) is 5.91 Å². The summed E-state index contributed by atoms with van der Waals surface area (Å²) in [6.07, 6.45) is 0. The summed E-state index contributed by atoms with van der Waals surface area (Å²) in [5, 5.41) is 6.12. The Bertz CT molecular complexity index is 758. The average molecular weight is 313 g/mol. The van der Waals surface area contributed by atoms with Crippen molar-refractivity contribution >= 4 is 34.6 Å². The number of carbonyl (C=O) groups excluding carboxylic acids is 1. The van der Waals surface area contributed by atoms with Crippen LogP contribution in [0.3, 0.4) is 0 Å². The fourth-order valence-corrected chi connectivity index (χ4v) is 2.22. The zero-order valence-electron chi connectivity index (χ0n) is 11.6. The predicted octanol–water partition coefficient (Wildman–Crippen LogP) is 3.17. The van der Waals surface area contributed by atoms with Gasteiger partial charge < -0.3 is 0 Å². The minimum absolute atomic E-state index is 0.226. The number of amides is 1. The van der Waals surface area contributed by atoms with Crippen molar-refractivity contribution in [3.63, 3.8) is 0 Å². The van der Waals surface area contributed by atoms with Crippen LogP contribution in [0.1, 0.15) is 0 Å². The zero-order valence-corrected chi connectivity index (χ0v) is 12.3. The second-order valence-electron chi connectivity index (χ2n) is 4.65. The van der Waals surface area contributed by atoms with Crippen LogP contribution in [0.5, 0.6) is 0 Å². The van der Waals surface area contributed by atoms with E-state index in [9.17, 15) is 4.79 Å². The highest BCUT2D eigenvalue weighted by Gasteiger charge is 2.32. The van der Waals surface area contributed by atoms with E-state index in [1.54, 1.807) is 24.3 Å². The van der Waals surface area contributed by atoms with Gasteiger partial charge in [-0.15, -0.1) is 0 Å². The number of rotatable bonds is 3. The van der Waals surface area contributed by atoms with Crippen LogP contribution in [0.25, 0.3) is 0 Å². The first-order valence-corrected chi connectivity index (χ1v) is 6.97. The molecule has 0 spiro atoms. The largest absolute Gasteiger partial charge is 0.299 e. The topological polar surface area (TPSA) is 56.7 Å². The number of anilines is 2. The van der Waals surface area contributed by atoms with Crippen LogP contribution in [0, 0.1) is 0 Å². The van der Waals surface area contributed by atoms with Gasteiger partial charge in [-0.25, -0.2) is 5.01 Å². The van der Waals surface area contributed by atoms with Crippen LogP contribution in [0.15, 0.2) is 72.0 Å². The number of hydrazone groups is 1. The van der Waals surface area contributed by atoms with Crippen LogP contribution < -0.4 is 15.9 Å². The molecule has 2 N–H and O–H groups in total. The van der Waals surface area contributed by atoms with Gasteiger partial charge in [0.05, 0.1) is 17.1 Å². The average Bonchev–Trinajstić information content (AvgIpc) is 2.81. The molecular formula is C16H13ClN4O. The number of nitrogens with one attached hydrogen (secondary N) is 2. The van der Waals surface area contributed by atoms with Crippen molar-refractivity contribution in [2.75, 3.05) is 10.4 Å². The lowest BCUT2D eigenvalue weighted by atomic mass is 10.3. The molecule has 2 aromatic rings. The summed E-state index contributed by atoms with van der Waals surface area (Å²) in [5.41, 5.74) is 7.80. The standard InChI is InChI=1S/C16H13ClN4O/c1-11-15(19-18-13-7-5-6-12(17)10-13)16(22)21(20-11)14-8-3-2-4-9-14/h2-10,18,20H,1H2. The van der Waals surface area contributed by atoms with Crippen LogP contribution >= 0.6 is 11.6 Å². The molecule has 110 valence electrons. The lowest BCUT2D eigenvalue weighted by molar-refractivity contribution is -0.112. The Morgan fingerprint density at radius 2 is 1.91 bits per heavy atom. The molecule has 6 heteroatoms. The molecule has 1 saturated heterocycles.